The van der Waals surface area contributed by atoms with Gasteiger partial charge in [0.25, 0.3) is 0 Å². The SMILES string of the molecule is CCC(C)(O)CNCc1ncc(Cl)n1C. The van der Waals surface area contributed by atoms with E-state index in [0.29, 0.717) is 18.2 Å². The Labute approximate surface area is 95.3 Å². The molecule has 1 atom stereocenters. The molecule has 15 heavy (non-hydrogen) atoms. The minimum absolute atomic E-state index is 0.550. The van der Waals surface area contributed by atoms with Crippen molar-refractivity contribution in [2.45, 2.75) is 32.4 Å². The van der Waals surface area contributed by atoms with Crippen molar-refractivity contribution < 1.29 is 5.11 Å². The number of nitrogens with zero attached hydrogens (tertiary/aromatic N) is 2. The van der Waals surface area contributed by atoms with Crippen LogP contribution in [0.3, 0.4) is 0 Å². The molecule has 1 rings (SSSR count). The third-order valence-electron chi connectivity index (χ3n) is 2.58. The maximum absolute atomic E-state index is 9.76. The predicted octanol–water partition coefficient (Wildman–Crippen LogP) is 1.32. The molecule has 0 fully saturated rings. The van der Waals surface area contributed by atoms with E-state index in [2.05, 4.69) is 10.3 Å². The highest BCUT2D eigenvalue weighted by molar-refractivity contribution is 6.29. The molecule has 0 spiro atoms. The van der Waals surface area contributed by atoms with E-state index in [1.165, 1.54) is 0 Å². The second kappa shape index (κ2) is 4.96. The fraction of sp³-hybridized carbons (Fsp3) is 0.700. The number of aromatic nitrogens is 2. The van der Waals surface area contributed by atoms with Crippen molar-refractivity contribution in [1.29, 1.82) is 0 Å². The fourth-order valence-electron chi connectivity index (χ4n) is 1.16. The summed E-state index contributed by atoms with van der Waals surface area (Å²) in [6.45, 7) is 4.93. The minimum Gasteiger partial charge on any atom is -0.389 e. The molecule has 4 nitrogen and oxygen atoms in total. The first-order chi connectivity index (χ1) is 6.96. The Kier molecular flexibility index (Phi) is 4.13. The highest BCUT2D eigenvalue weighted by Gasteiger charge is 2.16. The van der Waals surface area contributed by atoms with Crippen LogP contribution in [0.2, 0.25) is 5.15 Å². The van der Waals surface area contributed by atoms with Gasteiger partial charge in [-0.3, -0.25) is 0 Å². The Morgan fingerprint density at radius 2 is 2.33 bits per heavy atom. The molecule has 1 unspecified atom stereocenters. The minimum atomic E-state index is -0.658. The van der Waals surface area contributed by atoms with Crippen LogP contribution in [0.1, 0.15) is 26.1 Å². The van der Waals surface area contributed by atoms with Crippen molar-refractivity contribution in [2.75, 3.05) is 6.54 Å². The van der Waals surface area contributed by atoms with Crippen LogP contribution in [0.5, 0.6) is 0 Å². The van der Waals surface area contributed by atoms with Crippen LogP contribution in [0.15, 0.2) is 6.20 Å². The van der Waals surface area contributed by atoms with Gasteiger partial charge < -0.3 is 15.0 Å². The number of halogens is 1. The number of rotatable bonds is 5. The molecule has 0 bridgehead atoms. The zero-order valence-electron chi connectivity index (χ0n) is 9.42. The molecule has 0 aliphatic carbocycles. The molecular formula is C10H18ClN3O. The van der Waals surface area contributed by atoms with Crippen molar-refractivity contribution >= 4 is 11.6 Å². The van der Waals surface area contributed by atoms with Gasteiger partial charge in [0.15, 0.2) is 0 Å². The largest absolute Gasteiger partial charge is 0.389 e. The van der Waals surface area contributed by atoms with Crippen LogP contribution in [0.4, 0.5) is 0 Å². The van der Waals surface area contributed by atoms with Gasteiger partial charge in [0.1, 0.15) is 11.0 Å². The summed E-state index contributed by atoms with van der Waals surface area (Å²) < 4.78 is 1.81. The molecule has 0 radical (unpaired) electrons. The van der Waals surface area contributed by atoms with Gasteiger partial charge in [0.2, 0.25) is 0 Å². The summed E-state index contributed by atoms with van der Waals surface area (Å²) in [6.07, 6.45) is 2.35. The van der Waals surface area contributed by atoms with E-state index in [-0.39, 0.29) is 0 Å². The maximum Gasteiger partial charge on any atom is 0.128 e. The van der Waals surface area contributed by atoms with E-state index in [4.69, 9.17) is 11.6 Å². The molecular weight excluding hydrogens is 214 g/mol. The third kappa shape index (κ3) is 3.48. The molecule has 0 saturated carbocycles. The number of imidazole rings is 1. The summed E-state index contributed by atoms with van der Waals surface area (Å²) in [4.78, 5) is 4.15. The lowest BCUT2D eigenvalue weighted by Gasteiger charge is -2.21. The fourth-order valence-corrected chi connectivity index (χ4v) is 1.30. The first-order valence-corrected chi connectivity index (χ1v) is 5.43. The van der Waals surface area contributed by atoms with Crippen molar-refractivity contribution in [3.8, 4) is 0 Å². The standard InChI is InChI=1S/C10H18ClN3O/c1-4-10(2,15)7-12-6-9-13-5-8(11)14(9)3/h5,12,15H,4,6-7H2,1-3H3. The molecule has 1 aromatic heterocycles. The normalized spacial score (nSPS) is 15.3. The van der Waals surface area contributed by atoms with Crippen LogP contribution < -0.4 is 5.32 Å². The third-order valence-corrected chi connectivity index (χ3v) is 2.93. The molecule has 86 valence electrons. The molecule has 5 heteroatoms. The number of aliphatic hydroxyl groups is 1. The van der Waals surface area contributed by atoms with Gasteiger partial charge in [-0.25, -0.2) is 4.98 Å². The van der Waals surface area contributed by atoms with Gasteiger partial charge in [0, 0.05) is 13.6 Å². The smallest absolute Gasteiger partial charge is 0.128 e. The molecule has 0 aliphatic rings. The summed E-state index contributed by atoms with van der Waals surface area (Å²) in [6, 6.07) is 0. The van der Waals surface area contributed by atoms with E-state index in [0.717, 1.165) is 12.2 Å². The van der Waals surface area contributed by atoms with Gasteiger partial charge in [-0.2, -0.15) is 0 Å². The van der Waals surface area contributed by atoms with Crippen LogP contribution in [-0.2, 0) is 13.6 Å². The van der Waals surface area contributed by atoms with Gasteiger partial charge in [-0.1, -0.05) is 18.5 Å². The molecule has 0 saturated heterocycles. The van der Waals surface area contributed by atoms with Crippen molar-refractivity contribution in [3.05, 3.63) is 17.2 Å². The summed E-state index contributed by atoms with van der Waals surface area (Å²) >= 11 is 5.85. The maximum atomic E-state index is 9.76. The Bertz CT molecular complexity index is 322. The van der Waals surface area contributed by atoms with Gasteiger partial charge in [0.05, 0.1) is 18.3 Å². The lowest BCUT2D eigenvalue weighted by atomic mass is 10.0. The van der Waals surface area contributed by atoms with Crippen molar-refractivity contribution in [2.24, 2.45) is 7.05 Å². The van der Waals surface area contributed by atoms with Crippen LogP contribution >= 0.6 is 11.6 Å². The monoisotopic (exact) mass is 231 g/mol. The Morgan fingerprint density at radius 3 is 2.80 bits per heavy atom. The van der Waals surface area contributed by atoms with Crippen LogP contribution in [0, 0.1) is 0 Å². The topological polar surface area (TPSA) is 50.1 Å². The average molecular weight is 232 g/mol. The molecule has 2 N–H and O–H groups in total. The van der Waals surface area contributed by atoms with Crippen molar-refractivity contribution in [1.82, 2.24) is 14.9 Å². The number of hydrogen-bond acceptors (Lipinski definition) is 3. The average Bonchev–Trinajstić information content (AvgIpc) is 2.49. The zero-order valence-corrected chi connectivity index (χ0v) is 10.2. The first kappa shape index (κ1) is 12.5. The Morgan fingerprint density at radius 1 is 1.67 bits per heavy atom. The predicted molar refractivity (Wildman–Crippen MR) is 60.8 cm³/mol. The van der Waals surface area contributed by atoms with Crippen LogP contribution in [0.25, 0.3) is 0 Å². The summed E-state index contributed by atoms with van der Waals surface area (Å²) in [7, 11) is 1.87. The summed E-state index contributed by atoms with van der Waals surface area (Å²) in [5.41, 5.74) is -0.658. The highest BCUT2D eigenvalue weighted by Crippen LogP contribution is 2.10. The van der Waals surface area contributed by atoms with E-state index >= 15 is 0 Å². The van der Waals surface area contributed by atoms with E-state index in [1.54, 1.807) is 6.20 Å². The van der Waals surface area contributed by atoms with Crippen LogP contribution in [-0.4, -0.2) is 26.8 Å². The molecule has 0 aliphatic heterocycles. The number of hydrogen-bond donors (Lipinski definition) is 2. The summed E-state index contributed by atoms with van der Waals surface area (Å²) in [5.74, 6) is 0.868. The lowest BCUT2D eigenvalue weighted by molar-refractivity contribution is 0.0553. The summed E-state index contributed by atoms with van der Waals surface area (Å²) in [5, 5.41) is 13.5. The second-order valence-electron chi connectivity index (χ2n) is 4.01. The van der Waals surface area contributed by atoms with E-state index < -0.39 is 5.60 Å². The second-order valence-corrected chi connectivity index (χ2v) is 4.40. The Balaban J connectivity index is 2.42. The molecule has 0 amide bonds. The first-order valence-electron chi connectivity index (χ1n) is 5.05. The van der Waals surface area contributed by atoms with Gasteiger partial charge in [-0.05, 0) is 13.3 Å². The quantitative estimate of drug-likeness (QED) is 0.804. The van der Waals surface area contributed by atoms with E-state index in [9.17, 15) is 5.11 Å². The highest BCUT2D eigenvalue weighted by atomic mass is 35.5. The van der Waals surface area contributed by atoms with Gasteiger partial charge in [-0.15, -0.1) is 0 Å². The zero-order chi connectivity index (χ0) is 11.5. The van der Waals surface area contributed by atoms with E-state index in [1.807, 2.05) is 25.5 Å². The van der Waals surface area contributed by atoms with Gasteiger partial charge >= 0.3 is 0 Å². The van der Waals surface area contributed by atoms with Crippen molar-refractivity contribution in [3.63, 3.8) is 0 Å². The Hall–Kier alpha value is -0.580. The number of nitrogens with one attached hydrogen (secondary N) is 1. The lowest BCUT2D eigenvalue weighted by Crippen LogP contribution is -2.37. The molecule has 0 aromatic carbocycles. The molecule has 1 aromatic rings. The molecule has 1 heterocycles.